The van der Waals surface area contributed by atoms with Crippen molar-refractivity contribution >= 4 is 27.8 Å². The van der Waals surface area contributed by atoms with E-state index in [9.17, 15) is 0 Å². The van der Waals surface area contributed by atoms with Crippen molar-refractivity contribution in [1.82, 2.24) is 0 Å². The van der Waals surface area contributed by atoms with Gasteiger partial charge in [0.05, 0.1) is 14.2 Å². The molecular weight excluding hydrogens is 734 g/mol. The summed E-state index contributed by atoms with van der Waals surface area (Å²) in [6.45, 7) is 30.5. The number of hydrogen-bond acceptors (Lipinski definition) is 6. The Labute approximate surface area is 339 Å². The van der Waals surface area contributed by atoms with Crippen LogP contribution in [0.3, 0.4) is 0 Å². The van der Waals surface area contributed by atoms with Crippen molar-refractivity contribution < 1.29 is 28.4 Å². The molecule has 300 valence electrons. The molecule has 7 rings (SSSR count). The predicted octanol–water partition coefficient (Wildman–Crippen LogP) is 11.7. The van der Waals surface area contributed by atoms with Crippen molar-refractivity contribution in [3.8, 4) is 45.6 Å². The van der Waals surface area contributed by atoms with Crippen molar-refractivity contribution in [2.45, 2.75) is 129 Å². The summed E-state index contributed by atoms with van der Waals surface area (Å²) < 4.78 is 37.5. The van der Waals surface area contributed by atoms with Crippen molar-refractivity contribution in [3.05, 3.63) is 81.9 Å². The molecule has 0 saturated carbocycles. The molecule has 0 spiro atoms. The Morgan fingerprint density at radius 3 is 1.41 bits per heavy atom. The van der Waals surface area contributed by atoms with Crippen LogP contribution in [0.15, 0.2) is 48.5 Å². The van der Waals surface area contributed by atoms with Gasteiger partial charge in [-0.25, -0.2) is 0 Å². The van der Waals surface area contributed by atoms with Crippen LogP contribution in [0.25, 0.3) is 11.1 Å². The SMILES string of the molecule is COc1c(C(C)(C)C)cc(C2CC(C)(c3cc(C(C)(C)C)c(OC)c(C(C)(C)C)c3)Pc3ccc4c(c3-c3c(ccc5c3OCO5)P2)OCO4)cc1C(C)(C)C. The van der Waals surface area contributed by atoms with E-state index >= 15 is 0 Å². The van der Waals surface area contributed by atoms with Crippen LogP contribution in [0.4, 0.5) is 0 Å². The van der Waals surface area contributed by atoms with Gasteiger partial charge in [-0.2, -0.15) is 0 Å². The highest BCUT2D eigenvalue weighted by Crippen LogP contribution is 2.60. The maximum atomic E-state index is 6.38. The number of ether oxygens (including phenoxy) is 6. The summed E-state index contributed by atoms with van der Waals surface area (Å²) in [5.41, 5.74) is 9.38. The lowest BCUT2D eigenvalue weighted by Gasteiger charge is -2.38. The van der Waals surface area contributed by atoms with Gasteiger partial charge in [-0.3, -0.25) is 0 Å². The lowest BCUT2D eigenvalue weighted by molar-refractivity contribution is 0.173. The fourth-order valence-corrected chi connectivity index (χ4v) is 12.2. The topological polar surface area (TPSA) is 55.4 Å². The first kappa shape index (κ1) is 40.7. The summed E-state index contributed by atoms with van der Waals surface area (Å²) in [5, 5.41) is 2.18. The van der Waals surface area contributed by atoms with E-state index in [0.29, 0.717) is 17.2 Å². The predicted molar refractivity (Wildman–Crippen MR) is 236 cm³/mol. The van der Waals surface area contributed by atoms with Crippen LogP contribution in [0.5, 0.6) is 34.5 Å². The Balaban J connectivity index is 1.58. The second-order valence-electron chi connectivity index (χ2n) is 20.1. The van der Waals surface area contributed by atoms with Crippen molar-refractivity contribution in [2.75, 3.05) is 27.8 Å². The molecule has 4 aromatic carbocycles. The molecule has 56 heavy (non-hydrogen) atoms. The average molecular weight is 797 g/mol. The van der Waals surface area contributed by atoms with Crippen LogP contribution in [0.1, 0.15) is 135 Å². The number of rotatable bonds is 4. The first-order valence-electron chi connectivity index (χ1n) is 19.9. The van der Waals surface area contributed by atoms with Gasteiger partial charge < -0.3 is 28.4 Å². The largest absolute Gasteiger partial charge is 0.496 e. The van der Waals surface area contributed by atoms with Gasteiger partial charge in [0.15, 0.2) is 23.0 Å². The second kappa shape index (κ2) is 14.1. The zero-order valence-corrected chi connectivity index (χ0v) is 38.3. The highest BCUT2D eigenvalue weighted by molar-refractivity contribution is 7.50. The summed E-state index contributed by atoms with van der Waals surface area (Å²) in [6, 6.07) is 18.6. The Hall–Kier alpha value is -3.46. The average Bonchev–Trinajstić information content (AvgIpc) is 3.79. The summed E-state index contributed by atoms with van der Waals surface area (Å²) in [7, 11) is 4.46. The van der Waals surface area contributed by atoms with E-state index in [1.54, 1.807) is 0 Å². The first-order chi connectivity index (χ1) is 26.0. The second-order valence-corrected chi connectivity index (χ2v) is 23.5. The molecule has 8 heteroatoms. The smallest absolute Gasteiger partial charge is 0.231 e. The molecule has 0 amide bonds. The molecule has 0 aliphatic carbocycles. The molecule has 0 N–H and O–H groups in total. The molecule has 0 saturated heterocycles. The fraction of sp³-hybridized carbons (Fsp3) is 0.500. The maximum Gasteiger partial charge on any atom is 0.231 e. The van der Waals surface area contributed by atoms with Crippen molar-refractivity contribution in [2.24, 2.45) is 0 Å². The molecule has 3 aliphatic rings. The highest BCUT2D eigenvalue weighted by atomic mass is 31.1. The number of hydrogen-bond donors (Lipinski definition) is 0. The van der Waals surface area contributed by atoms with Gasteiger partial charge in [-0.1, -0.05) is 144 Å². The van der Waals surface area contributed by atoms with E-state index in [0.717, 1.165) is 52.0 Å². The van der Waals surface area contributed by atoms with Gasteiger partial charge in [-0.15, -0.1) is 0 Å². The Morgan fingerprint density at radius 2 is 0.982 bits per heavy atom. The molecule has 4 atom stereocenters. The third-order valence-corrected chi connectivity index (χ3v) is 14.9. The minimum Gasteiger partial charge on any atom is -0.496 e. The standard InChI is InChI=1S/C48H62O6P2/c1-44(2,3)29-20-27(21-30(40(29)49-14)45(4,5)6)37-24-48(13,28-22-31(46(7,8)9)41(50-15)32(23-28)47(10,11)12)56-36-19-17-34-43(54-26-52-34)39(36)38-35(55-37)18-16-33-42(38)53-25-51-33/h16-23,37,55-56H,24-26H2,1-15H3. The monoisotopic (exact) mass is 796 g/mol. The molecule has 3 aliphatic heterocycles. The lowest BCUT2D eigenvalue weighted by atomic mass is 9.76. The van der Waals surface area contributed by atoms with E-state index < -0.39 is 0 Å². The number of benzene rings is 4. The Bertz CT molecular complexity index is 2110. The molecule has 4 unspecified atom stereocenters. The molecule has 0 aromatic heterocycles. The summed E-state index contributed by atoms with van der Waals surface area (Å²) in [5.74, 6) is 5.11. The van der Waals surface area contributed by atoms with Gasteiger partial charge in [0, 0.05) is 44.2 Å². The molecule has 4 aromatic rings. The van der Waals surface area contributed by atoms with Crippen LogP contribution in [-0.2, 0) is 26.8 Å². The fourth-order valence-electron chi connectivity index (χ4n) is 8.52. The van der Waals surface area contributed by atoms with Crippen molar-refractivity contribution in [1.29, 1.82) is 0 Å². The van der Waals surface area contributed by atoms with Crippen LogP contribution in [-0.4, -0.2) is 27.8 Å². The van der Waals surface area contributed by atoms with Gasteiger partial charge in [-0.05, 0) is 61.9 Å². The Kier molecular flexibility index (Phi) is 10.3. The van der Waals surface area contributed by atoms with Gasteiger partial charge in [0.1, 0.15) is 11.5 Å². The number of fused-ring (bicyclic) bond motifs is 7. The number of methoxy groups -OCH3 is 2. The lowest BCUT2D eigenvalue weighted by Crippen LogP contribution is -2.26. The van der Waals surface area contributed by atoms with Gasteiger partial charge >= 0.3 is 0 Å². The van der Waals surface area contributed by atoms with Crippen LogP contribution in [0, 0.1) is 0 Å². The quantitative estimate of drug-likeness (QED) is 0.192. The molecule has 0 fully saturated rings. The molecule has 3 heterocycles. The van der Waals surface area contributed by atoms with Crippen LogP contribution >= 0.6 is 17.2 Å². The summed E-state index contributed by atoms with van der Waals surface area (Å²) in [4.78, 5) is 0. The highest BCUT2D eigenvalue weighted by Gasteiger charge is 2.41. The zero-order chi connectivity index (χ0) is 40.7. The summed E-state index contributed by atoms with van der Waals surface area (Å²) >= 11 is 0. The van der Waals surface area contributed by atoms with E-state index in [-0.39, 0.29) is 46.1 Å². The van der Waals surface area contributed by atoms with E-state index in [1.165, 1.54) is 44.0 Å². The Morgan fingerprint density at radius 1 is 0.571 bits per heavy atom. The summed E-state index contributed by atoms with van der Waals surface area (Å²) in [6.07, 6.45) is 0.921. The minimum absolute atomic E-state index is 0.134. The molecule has 6 nitrogen and oxygen atoms in total. The van der Waals surface area contributed by atoms with E-state index in [1.807, 2.05) is 14.2 Å². The third kappa shape index (κ3) is 7.28. The minimum atomic E-state index is -0.293. The van der Waals surface area contributed by atoms with E-state index in [4.69, 9.17) is 28.4 Å². The van der Waals surface area contributed by atoms with Crippen LogP contribution < -0.4 is 39.0 Å². The maximum absolute atomic E-state index is 6.38. The molecule has 0 bridgehead atoms. The molecular formula is C48H62O6P2. The van der Waals surface area contributed by atoms with Crippen molar-refractivity contribution in [3.63, 3.8) is 0 Å². The normalized spacial score (nSPS) is 20.3. The first-order valence-corrected chi connectivity index (χ1v) is 22.0. The molecule has 0 radical (unpaired) electrons. The van der Waals surface area contributed by atoms with Gasteiger partial charge in [0.25, 0.3) is 0 Å². The zero-order valence-electron chi connectivity index (χ0n) is 36.3. The van der Waals surface area contributed by atoms with E-state index in [2.05, 4.69) is 139 Å². The van der Waals surface area contributed by atoms with Crippen LogP contribution in [0.2, 0.25) is 0 Å². The third-order valence-electron chi connectivity index (χ3n) is 11.6. The van der Waals surface area contributed by atoms with Gasteiger partial charge in [0.2, 0.25) is 13.6 Å².